The Balaban J connectivity index is 2.26. The molecule has 3 aromatic rings. The largest absolute Gasteiger partial charge is 0.480 e. The first kappa shape index (κ1) is 19.5. The van der Waals surface area contributed by atoms with E-state index in [1.807, 2.05) is 32.0 Å². The summed E-state index contributed by atoms with van der Waals surface area (Å²) in [6.45, 7) is 4.04. The molecule has 3 rings (SSSR count). The Kier molecular flexibility index (Phi) is 5.18. The van der Waals surface area contributed by atoms with Crippen molar-refractivity contribution in [3.8, 4) is 34.3 Å². The number of aromatic nitrogens is 1. The van der Waals surface area contributed by atoms with Gasteiger partial charge < -0.3 is 4.74 Å². The van der Waals surface area contributed by atoms with Crippen molar-refractivity contribution < 1.29 is 13.2 Å². The Morgan fingerprint density at radius 2 is 1.64 bits per heavy atom. The van der Waals surface area contributed by atoms with Crippen molar-refractivity contribution in [2.45, 2.75) is 18.7 Å². The molecule has 0 atom stereocenters. The monoisotopic (exact) mass is 393 g/mol. The topological polar surface area (TPSA) is 106 Å². The SMILES string of the molecule is COc1nc(-c2ccc(C)c(C)c2)c(-c2ccc(S(N)(=O)=O)cc2)cc1C#N. The van der Waals surface area contributed by atoms with E-state index in [0.717, 1.165) is 16.7 Å². The number of nitrogens with two attached hydrogens (primary N) is 1. The van der Waals surface area contributed by atoms with E-state index >= 15 is 0 Å². The predicted octanol–water partition coefficient (Wildman–Crippen LogP) is 3.56. The van der Waals surface area contributed by atoms with Gasteiger partial charge in [0.05, 0.1) is 17.7 Å². The summed E-state index contributed by atoms with van der Waals surface area (Å²) in [6.07, 6.45) is 0. The zero-order chi connectivity index (χ0) is 20.5. The minimum absolute atomic E-state index is 0.0194. The molecule has 0 bridgehead atoms. The molecule has 0 unspecified atom stereocenters. The van der Waals surface area contributed by atoms with Gasteiger partial charge in [0.2, 0.25) is 15.9 Å². The van der Waals surface area contributed by atoms with E-state index in [9.17, 15) is 13.7 Å². The molecule has 1 aromatic heterocycles. The molecular weight excluding hydrogens is 374 g/mol. The number of sulfonamides is 1. The molecule has 0 spiro atoms. The molecule has 0 aliphatic carbocycles. The summed E-state index contributed by atoms with van der Waals surface area (Å²) in [5.74, 6) is 0.237. The zero-order valence-corrected chi connectivity index (χ0v) is 16.5. The maximum absolute atomic E-state index is 11.5. The van der Waals surface area contributed by atoms with Gasteiger partial charge in [-0.2, -0.15) is 5.26 Å². The molecule has 142 valence electrons. The minimum Gasteiger partial charge on any atom is -0.480 e. The third-order valence-electron chi connectivity index (χ3n) is 4.58. The normalized spacial score (nSPS) is 11.1. The lowest BCUT2D eigenvalue weighted by molar-refractivity contribution is 0.397. The molecule has 28 heavy (non-hydrogen) atoms. The summed E-state index contributed by atoms with van der Waals surface area (Å²) >= 11 is 0. The van der Waals surface area contributed by atoms with Crippen molar-refractivity contribution in [3.63, 3.8) is 0 Å². The molecule has 2 N–H and O–H groups in total. The number of ether oxygens (including phenoxy) is 1. The Hall–Kier alpha value is -3.21. The third-order valence-corrected chi connectivity index (χ3v) is 5.50. The predicted molar refractivity (Wildman–Crippen MR) is 107 cm³/mol. The summed E-state index contributed by atoms with van der Waals surface area (Å²) in [6, 6.07) is 15.9. The van der Waals surface area contributed by atoms with Crippen molar-refractivity contribution in [1.82, 2.24) is 4.98 Å². The summed E-state index contributed by atoms with van der Waals surface area (Å²) in [4.78, 5) is 4.58. The summed E-state index contributed by atoms with van der Waals surface area (Å²) in [7, 11) is -2.32. The lowest BCUT2D eigenvalue weighted by atomic mass is 9.96. The molecule has 2 aromatic carbocycles. The van der Waals surface area contributed by atoms with E-state index in [-0.39, 0.29) is 10.8 Å². The molecule has 0 saturated heterocycles. The van der Waals surface area contributed by atoms with E-state index in [1.165, 1.54) is 19.2 Å². The molecule has 7 heteroatoms. The second-order valence-corrected chi connectivity index (χ2v) is 7.98. The number of nitrogens with zero attached hydrogens (tertiary/aromatic N) is 2. The van der Waals surface area contributed by atoms with Crippen LogP contribution >= 0.6 is 0 Å². The van der Waals surface area contributed by atoms with Gasteiger partial charge >= 0.3 is 0 Å². The van der Waals surface area contributed by atoms with Gasteiger partial charge in [0.15, 0.2) is 0 Å². The molecule has 0 aliphatic rings. The summed E-state index contributed by atoms with van der Waals surface area (Å²) in [5.41, 5.74) is 5.48. The number of benzene rings is 2. The molecule has 0 radical (unpaired) electrons. The smallest absolute Gasteiger partial charge is 0.238 e. The Bertz CT molecular complexity index is 1190. The van der Waals surface area contributed by atoms with Gasteiger partial charge in [-0.3, -0.25) is 0 Å². The molecule has 0 fully saturated rings. The Morgan fingerprint density at radius 1 is 1.00 bits per heavy atom. The quantitative estimate of drug-likeness (QED) is 0.729. The number of methoxy groups -OCH3 is 1. The standard InChI is InChI=1S/C21H19N3O3S/c1-13-4-5-16(10-14(13)2)20-19(11-17(12-22)21(24-20)27-3)15-6-8-18(9-7-15)28(23,25)26/h4-11H,1-3H3,(H2,23,25,26). The van der Waals surface area contributed by atoms with E-state index < -0.39 is 10.0 Å². The van der Waals surface area contributed by atoms with Crippen LogP contribution in [0, 0.1) is 25.2 Å². The number of primary sulfonamides is 1. The van der Waals surface area contributed by atoms with E-state index in [2.05, 4.69) is 11.1 Å². The highest BCUT2D eigenvalue weighted by molar-refractivity contribution is 7.89. The van der Waals surface area contributed by atoms with Crippen molar-refractivity contribution in [2.24, 2.45) is 5.14 Å². The number of hydrogen-bond acceptors (Lipinski definition) is 5. The first-order valence-corrected chi connectivity index (χ1v) is 9.99. The van der Waals surface area contributed by atoms with Crippen LogP contribution in [0.1, 0.15) is 16.7 Å². The molecule has 6 nitrogen and oxygen atoms in total. The number of hydrogen-bond donors (Lipinski definition) is 1. The van der Waals surface area contributed by atoms with Crippen molar-refractivity contribution in [2.75, 3.05) is 7.11 Å². The van der Waals surface area contributed by atoms with E-state index in [1.54, 1.807) is 18.2 Å². The highest BCUT2D eigenvalue weighted by atomic mass is 32.2. The average molecular weight is 393 g/mol. The molecule has 1 heterocycles. The third kappa shape index (κ3) is 3.74. The fraction of sp³-hybridized carbons (Fsp3) is 0.143. The van der Waals surface area contributed by atoms with Crippen LogP contribution in [0.5, 0.6) is 5.88 Å². The van der Waals surface area contributed by atoms with Crippen molar-refractivity contribution in [3.05, 3.63) is 65.2 Å². The second kappa shape index (κ2) is 7.43. The highest BCUT2D eigenvalue weighted by Gasteiger charge is 2.17. The van der Waals surface area contributed by atoms with Gasteiger partial charge in [0.1, 0.15) is 11.6 Å². The van der Waals surface area contributed by atoms with Gasteiger partial charge in [0, 0.05) is 11.1 Å². The lowest BCUT2D eigenvalue weighted by Crippen LogP contribution is -2.11. The van der Waals surface area contributed by atoms with Crippen LogP contribution in [-0.4, -0.2) is 20.5 Å². The Labute approximate surface area is 164 Å². The first-order valence-electron chi connectivity index (χ1n) is 8.44. The van der Waals surface area contributed by atoms with Crippen LogP contribution in [0.3, 0.4) is 0 Å². The van der Waals surface area contributed by atoms with Crippen LogP contribution in [0.2, 0.25) is 0 Å². The maximum atomic E-state index is 11.5. The lowest BCUT2D eigenvalue weighted by Gasteiger charge is -2.14. The average Bonchev–Trinajstić information content (AvgIpc) is 2.68. The van der Waals surface area contributed by atoms with Gasteiger partial charge in [-0.15, -0.1) is 0 Å². The Morgan fingerprint density at radius 3 is 2.18 bits per heavy atom. The number of pyridine rings is 1. The minimum atomic E-state index is -3.79. The van der Waals surface area contributed by atoms with Crippen molar-refractivity contribution >= 4 is 10.0 Å². The van der Waals surface area contributed by atoms with Crippen LogP contribution in [0.4, 0.5) is 0 Å². The first-order chi connectivity index (χ1) is 13.2. The highest BCUT2D eigenvalue weighted by Crippen LogP contribution is 2.35. The molecule has 0 saturated carbocycles. The summed E-state index contributed by atoms with van der Waals surface area (Å²) < 4.78 is 28.3. The maximum Gasteiger partial charge on any atom is 0.238 e. The van der Waals surface area contributed by atoms with E-state index in [0.29, 0.717) is 22.4 Å². The fourth-order valence-corrected chi connectivity index (χ4v) is 3.40. The van der Waals surface area contributed by atoms with Crippen LogP contribution in [-0.2, 0) is 10.0 Å². The van der Waals surface area contributed by atoms with Gasteiger partial charge in [-0.05, 0) is 54.8 Å². The van der Waals surface area contributed by atoms with Crippen LogP contribution in [0.25, 0.3) is 22.4 Å². The summed E-state index contributed by atoms with van der Waals surface area (Å²) in [5, 5.41) is 14.6. The van der Waals surface area contributed by atoms with Gasteiger partial charge in [0.25, 0.3) is 0 Å². The van der Waals surface area contributed by atoms with Crippen LogP contribution in [0.15, 0.2) is 53.4 Å². The molecular formula is C21H19N3O3S. The zero-order valence-electron chi connectivity index (χ0n) is 15.7. The number of nitriles is 1. The van der Waals surface area contributed by atoms with Crippen molar-refractivity contribution in [1.29, 1.82) is 5.26 Å². The second-order valence-electron chi connectivity index (χ2n) is 6.42. The number of aryl methyl sites for hydroxylation is 2. The van der Waals surface area contributed by atoms with Gasteiger partial charge in [-0.1, -0.05) is 24.3 Å². The van der Waals surface area contributed by atoms with Gasteiger partial charge in [-0.25, -0.2) is 18.5 Å². The molecule has 0 amide bonds. The molecule has 0 aliphatic heterocycles. The van der Waals surface area contributed by atoms with Crippen LogP contribution < -0.4 is 9.88 Å². The fourth-order valence-electron chi connectivity index (χ4n) is 2.89. The number of rotatable bonds is 4. The van der Waals surface area contributed by atoms with E-state index in [4.69, 9.17) is 9.88 Å².